The highest BCUT2D eigenvalue weighted by Crippen LogP contribution is 2.45. The smallest absolute Gasteiger partial charge is 0.253 e. The van der Waals surface area contributed by atoms with Crippen LogP contribution in [0.15, 0.2) is 95.8 Å². The summed E-state index contributed by atoms with van der Waals surface area (Å²) in [6.07, 6.45) is 5.25. The van der Waals surface area contributed by atoms with Crippen LogP contribution in [0.4, 0.5) is 0 Å². The van der Waals surface area contributed by atoms with E-state index >= 15 is 0 Å². The summed E-state index contributed by atoms with van der Waals surface area (Å²) in [6.45, 7) is 1.51. The minimum absolute atomic E-state index is 0.0408. The van der Waals surface area contributed by atoms with Crippen LogP contribution >= 0.6 is 0 Å². The molecule has 0 saturated heterocycles. The van der Waals surface area contributed by atoms with Gasteiger partial charge in [-0.15, -0.1) is 0 Å². The van der Waals surface area contributed by atoms with Crippen molar-refractivity contribution in [1.29, 1.82) is 0 Å². The lowest BCUT2D eigenvalue weighted by molar-refractivity contribution is 0.0752. The second kappa shape index (κ2) is 11.1. The molecule has 2 atom stereocenters. The number of allylic oxidation sites excluding steroid dienone is 3. The minimum atomic E-state index is -0.838. The average molecular weight is 502 g/mol. The number of aromatic hydroxyl groups is 3. The summed E-state index contributed by atoms with van der Waals surface area (Å²) in [6, 6.07) is 17.3. The number of carbonyl (C=O) groups is 1. The number of rotatable bonds is 8. The summed E-state index contributed by atoms with van der Waals surface area (Å²) in [5.74, 6) is -0.725. The van der Waals surface area contributed by atoms with Crippen LogP contribution in [0.3, 0.4) is 0 Å². The van der Waals surface area contributed by atoms with Crippen LogP contribution in [0.25, 0.3) is 6.08 Å². The van der Waals surface area contributed by atoms with Crippen molar-refractivity contribution in [2.75, 3.05) is 6.61 Å². The predicted octanol–water partition coefficient (Wildman–Crippen LogP) is 5.11. The number of phenolic OH excluding ortho intramolecular Hbond substituents is 3. The van der Waals surface area contributed by atoms with E-state index in [1.54, 1.807) is 37.3 Å². The van der Waals surface area contributed by atoms with Gasteiger partial charge in [0.1, 0.15) is 23.4 Å². The summed E-state index contributed by atoms with van der Waals surface area (Å²) >= 11 is 0. The second-order valence-electron chi connectivity index (χ2n) is 8.87. The molecular weight excluding hydrogens is 472 g/mol. The van der Waals surface area contributed by atoms with Crippen LogP contribution < -0.4 is 0 Å². The fourth-order valence-corrected chi connectivity index (χ4v) is 4.33. The van der Waals surface area contributed by atoms with Crippen LogP contribution in [0, 0.1) is 5.92 Å². The summed E-state index contributed by atoms with van der Waals surface area (Å²) in [7, 11) is 0. The zero-order valence-corrected chi connectivity index (χ0v) is 20.3. The highest BCUT2D eigenvalue weighted by molar-refractivity contribution is 6.03. The molecule has 0 saturated carbocycles. The fraction of sp³-hybridized carbons (Fsp3) is 0.167. The van der Waals surface area contributed by atoms with E-state index in [-0.39, 0.29) is 29.4 Å². The number of benzene rings is 3. The van der Waals surface area contributed by atoms with E-state index in [4.69, 9.17) is 9.84 Å². The quantitative estimate of drug-likeness (QED) is 0.251. The largest absolute Gasteiger partial charge is 0.593 e. The first-order chi connectivity index (χ1) is 17.8. The molecule has 3 aromatic carbocycles. The van der Waals surface area contributed by atoms with Crippen molar-refractivity contribution < 1.29 is 35.1 Å². The van der Waals surface area contributed by atoms with Gasteiger partial charge in [0.05, 0.1) is 23.8 Å². The Morgan fingerprint density at radius 1 is 0.973 bits per heavy atom. The summed E-state index contributed by atoms with van der Waals surface area (Å²) < 4.78 is 6.13. The molecule has 3 aromatic rings. The number of ether oxygens (including phenoxy) is 1. The van der Waals surface area contributed by atoms with Crippen LogP contribution in [0.1, 0.15) is 40.9 Å². The van der Waals surface area contributed by atoms with E-state index in [0.29, 0.717) is 34.6 Å². The molecule has 7 nitrogen and oxygen atoms in total. The topological polar surface area (TPSA) is 130 Å². The number of Topliss-reactive ketones (excluding diaryl/α,β-unsaturated/α-hetero) is 1. The number of phenols is 3. The number of carbonyl (C=O) groups excluding carboxylic acids is 1. The molecule has 190 valence electrons. The molecule has 7 heteroatoms. The predicted molar refractivity (Wildman–Crippen MR) is 141 cm³/mol. The van der Waals surface area contributed by atoms with Crippen molar-refractivity contribution in [1.82, 2.24) is 0 Å². The van der Waals surface area contributed by atoms with Gasteiger partial charge in [-0.2, -0.15) is 0 Å². The molecule has 2 unspecified atom stereocenters. The molecule has 0 aromatic heterocycles. The van der Waals surface area contributed by atoms with Gasteiger partial charge in [0.15, 0.2) is 5.78 Å². The first-order valence-electron chi connectivity index (χ1n) is 11.8. The Bertz CT molecular complexity index is 1370. The number of aliphatic hydroxyl groups is 1. The lowest BCUT2D eigenvalue weighted by Crippen LogP contribution is -2.21. The molecular formula is C30H29O7+. The molecule has 37 heavy (non-hydrogen) atoms. The zero-order chi connectivity index (χ0) is 26.5. The molecule has 1 heterocycles. The summed E-state index contributed by atoms with van der Waals surface area (Å²) in [5, 5.41) is 47.4. The normalized spacial score (nSPS) is 17.8. The van der Waals surface area contributed by atoms with Gasteiger partial charge in [0, 0.05) is 23.8 Å². The van der Waals surface area contributed by atoms with Crippen molar-refractivity contribution in [3.63, 3.8) is 0 Å². The SMILES string of the molecule is CC1=C(/C=C(\CO)C/C=C/c2ccc([OH2+])cc2)C(C(=O)c2ccc(O)cc2O)C(c2ccc(O)cc2)O1. The number of aliphatic hydroxyl groups excluding tert-OH is 1. The molecule has 0 fully saturated rings. The summed E-state index contributed by atoms with van der Waals surface area (Å²) in [4.78, 5) is 13.8. The molecule has 6 N–H and O–H groups in total. The molecule has 0 radical (unpaired) electrons. The van der Waals surface area contributed by atoms with Gasteiger partial charge in [-0.25, -0.2) is 0 Å². The van der Waals surface area contributed by atoms with E-state index in [1.165, 1.54) is 24.3 Å². The average Bonchev–Trinajstić information content (AvgIpc) is 3.20. The Morgan fingerprint density at radius 3 is 2.30 bits per heavy atom. The molecule has 0 bridgehead atoms. The van der Waals surface area contributed by atoms with Crippen molar-refractivity contribution in [3.8, 4) is 23.0 Å². The van der Waals surface area contributed by atoms with E-state index in [1.807, 2.05) is 24.3 Å². The van der Waals surface area contributed by atoms with Gasteiger partial charge in [0.25, 0.3) is 5.75 Å². The van der Waals surface area contributed by atoms with Gasteiger partial charge in [-0.1, -0.05) is 30.4 Å². The Kier molecular flexibility index (Phi) is 7.65. The van der Waals surface area contributed by atoms with Gasteiger partial charge in [-0.3, -0.25) is 4.79 Å². The van der Waals surface area contributed by atoms with Gasteiger partial charge in [-0.05, 0) is 66.4 Å². The third-order valence-corrected chi connectivity index (χ3v) is 6.26. The van der Waals surface area contributed by atoms with Gasteiger partial charge >= 0.3 is 0 Å². The second-order valence-corrected chi connectivity index (χ2v) is 8.87. The minimum Gasteiger partial charge on any atom is -0.593 e. The van der Waals surface area contributed by atoms with Crippen molar-refractivity contribution in [2.45, 2.75) is 19.4 Å². The summed E-state index contributed by atoms with van der Waals surface area (Å²) in [5.41, 5.74) is 2.87. The lowest BCUT2D eigenvalue weighted by atomic mass is 9.83. The number of ketones is 1. The molecule has 1 aliphatic heterocycles. The molecule has 1 aliphatic rings. The van der Waals surface area contributed by atoms with Gasteiger partial charge in [0.2, 0.25) is 0 Å². The lowest BCUT2D eigenvalue weighted by Gasteiger charge is -2.21. The van der Waals surface area contributed by atoms with Crippen molar-refractivity contribution in [3.05, 3.63) is 112 Å². The monoisotopic (exact) mass is 501 g/mol. The Hall–Kier alpha value is -4.49. The van der Waals surface area contributed by atoms with Crippen LogP contribution in [0.5, 0.6) is 23.0 Å². The molecule has 4 rings (SSSR count). The maximum Gasteiger partial charge on any atom is 0.253 e. The Morgan fingerprint density at radius 2 is 1.65 bits per heavy atom. The first kappa shape index (κ1) is 25.6. The first-order valence-corrected chi connectivity index (χ1v) is 11.8. The number of hydrogen-bond donors (Lipinski definition) is 4. The van der Waals surface area contributed by atoms with E-state index in [0.717, 1.165) is 11.6 Å². The fourth-order valence-electron chi connectivity index (χ4n) is 4.33. The van der Waals surface area contributed by atoms with Crippen molar-refractivity contribution >= 4 is 11.9 Å². The van der Waals surface area contributed by atoms with Crippen LogP contribution in [-0.4, -0.2) is 37.9 Å². The Balaban J connectivity index is 1.68. The third-order valence-electron chi connectivity index (χ3n) is 6.26. The Labute approximate surface area is 214 Å². The van der Waals surface area contributed by atoms with E-state index < -0.39 is 17.8 Å². The third kappa shape index (κ3) is 5.85. The molecule has 0 spiro atoms. The van der Waals surface area contributed by atoms with E-state index in [9.17, 15) is 25.2 Å². The van der Waals surface area contributed by atoms with E-state index in [2.05, 4.69) is 0 Å². The molecule has 0 aliphatic carbocycles. The number of hydrogen-bond acceptors (Lipinski definition) is 6. The highest BCUT2D eigenvalue weighted by atomic mass is 16.5. The maximum absolute atomic E-state index is 13.8. The molecule has 0 amide bonds. The highest BCUT2D eigenvalue weighted by Gasteiger charge is 2.41. The van der Waals surface area contributed by atoms with Crippen LogP contribution in [-0.2, 0) is 4.74 Å². The van der Waals surface area contributed by atoms with Crippen molar-refractivity contribution in [2.24, 2.45) is 5.92 Å². The zero-order valence-electron chi connectivity index (χ0n) is 20.3. The van der Waals surface area contributed by atoms with Crippen LogP contribution in [0.2, 0.25) is 0 Å². The maximum atomic E-state index is 13.8. The standard InChI is InChI=1S/C30H28O7/c1-18-26(15-20(17-31)4-2-3-19-5-9-22(32)10-6-19)28(29(36)25-14-13-24(34)16-27(25)35)30(37-18)21-7-11-23(33)12-8-21/h2-3,5-16,28,30-35H,4,17H2,1H3/p+1/b3-2+,20-15-. The van der Waals surface area contributed by atoms with Gasteiger partial charge < -0.3 is 30.3 Å².